The first kappa shape index (κ1) is 21.1. The van der Waals surface area contributed by atoms with Gasteiger partial charge in [-0.25, -0.2) is 4.98 Å². The van der Waals surface area contributed by atoms with Gasteiger partial charge in [0.25, 0.3) is 0 Å². The van der Waals surface area contributed by atoms with Crippen molar-refractivity contribution in [2.24, 2.45) is 5.92 Å². The molecule has 2 atom stereocenters. The Morgan fingerprint density at radius 2 is 1.89 bits per heavy atom. The molecule has 0 saturated heterocycles. The standard InChI is InChI=1S/C20H26ClN3O3/c1-13(2)8-18(14(3)25)23-19(20(26)27)9-17-10-22-12-24(17)11-15-4-6-16(21)7-5-15/h4-7,10,12-13,18-19,23H,8-9,11H2,1-3H3,(H,26,27). The molecule has 146 valence electrons. The van der Waals surface area contributed by atoms with Crippen molar-refractivity contribution in [3.8, 4) is 0 Å². The molecule has 2 N–H and O–H groups in total. The molecule has 1 aromatic heterocycles. The van der Waals surface area contributed by atoms with Crippen molar-refractivity contribution < 1.29 is 14.7 Å². The molecule has 7 heteroatoms. The van der Waals surface area contributed by atoms with Gasteiger partial charge in [0, 0.05) is 29.9 Å². The number of Topliss-reactive ketones (excluding diaryl/α,β-unsaturated/α-hetero) is 1. The zero-order chi connectivity index (χ0) is 20.0. The molecule has 0 aliphatic heterocycles. The molecule has 0 aliphatic carbocycles. The van der Waals surface area contributed by atoms with Crippen LogP contribution >= 0.6 is 11.6 Å². The minimum atomic E-state index is -0.982. The van der Waals surface area contributed by atoms with Gasteiger partial charge in [-0.15, -0.1) is 0 Å². The van der Waals surface area contributed by atoms with Crippen LogP contribution in [0.3, 0.4) is 0 Å². The van der Waals surface area contributed by atoms with Crippen LogP contribution in [0.4, 0.5) is 0 Å². The highest BCUT2D eigenvalue weighted by Gasteiger charge is 2.26. The molecule has 1 heterocycles. The summed E-state index contributed by atoms with van der Waals surface area (Å²) in [4.78, 5) is 27.8. The fourth-order valence-corrected chi connectivity index (χ4v) is 3.07. The van der Waals surface area contributed by atoms with E-state index in [-0.39, 0.29) is 18.1 Å². The Hall–Kier alpha value is -2.18. The molecule has 0 aliphatic rings. The van der Waals surface area contributed by atoms with Crippen LogP contribution in [-0.4, -0.2) is 38.5 Å². The molecule has 0 amide bonds. The Balaban J connectivity index is 2.12. The van der Waals surface area contributed by atoms with Gasteiger partial charge in [-0.2, -0.15) is 0 Å². The lowest BCUT2D eigenvalue weighted by molar-refractivity contribution is -0.139. The first-order valence-electron chi connectivity index (χ1n) is 8.99. The van der Waals surface area contributed by atoms with E-state index in [1.54, 1.807) is 12.5 Å². The molecule has 2 rings (SSSR count). The van der Waals surface area contributed by atoms with Crippen molar-refractivity contribution in [2.45, 2.75) is 52.2 Å². The van der Waals surface area contributed by atoms with Crippen molar-refractivity contribution in [3.05, 3.63) is 53.1 Å². The van der Waals surface area contributed by atoms with Gasteiger partial charge in [-0.3, -0.25) is 14.9 Å². The molecule has 1 aromatic carbocycles. The zero-order valence-corrected chi connectivity index (χ0v) is 16.6. The summed E-state index contributed by atoms with van der Waals surface area (Å²) in [5.74, 6) is -0.745. The number of carbonyl (C=O) groups excluding carboxylic acids is 1. The van der Waals surface area contributed by atoms with Crippen molar-refractivity contribution in [2.75, 3.05) is 0 Å². The van der Waals surface area contributed by atoms with Crippen LogP contribution in [-0.2, 0) is 22.6 Å². The molecule has 0 bridgehead atoms. The van der Waals surface area contributed by atoms with Crippen LogP contribution in [0, 0.1) is 5.92 Å². The van der Waals surface area contributed by atoms with Crippen molar-refractivity contribution in [3.63, 3.8) is 0 Å². The topological polar surface area (TPSA) is 84.2 Å². The number of carboxylic acid groups (broad SMARTS) is 1. The van der Waals surface area contributed by atoms with Crippen molar-refractivity contribution in [1.29, 1.82) is 0 Å². The number of carboxylic acids is 1. The van der Waals surface area contributed by atoms with Crippen LogP contribution in [0.5, 0.6) is 0 Å². The average Bonchev–Trinajstić information content (AvgIpc) is 3.01. The highest BCUT2D eigenvalue weighted by Crippen LogP contribution is 2.14. The van der Waals surface area contributed by atoms with Crippen molar-refractivity contribution >= 4 is 23.4 Å². The first-order valence-corrected chi connectivity index (χ1v) is 9.36. The Labute approximate surface area is 164 Å². The highest BCUT2D eigenvalue weighted by molar-refractivity contribution is 6.30. The number of rotatable bonds is 10. The number of nitrogens with one attached hydrogen (secondary N) is 1. The maximum Gasteiger partial charge on any atom is 0.321 e. The number of aromatic nitrogens is 2. The van der Waals surface area contributed by atoms with E-state index in [1.165, 1.54) is 6.92 Å². The lowest BCUT2D eigenvalue weighted by Gasteiger charge is -2.23. The number of ketones is 1. The summed E-state index contributed by atoms with van der Waals surface area (Å²) < 4.78 is 1.91. The number of benzene rings is 1. The first-order chi connectivity index (χ1) is 12.8. The maximum absolute atomic E-state index is 11.9. The number of hydrogen-bond donors (Lipinski definition) is 2. The fraction of sp³-hybridized carbons (Fsp3) is 0.450. The third kappa shape index (κ3) is 6.48. The molecule has 0 spiro atoms. The number of nitrogens with zero attached hydrogens (tertiary/aromatic N) is 2. The number of halogens is 1. The molecular weight excluding hydrogens is 366 g/mol. The van der Waals surface area contributed by atoms with Crippen LogP contribution in [0.2, 0.25) is 5.02 Å². The van der Waals surface area contributed by atoms with Gasteiger partial charge in [-0.1, -0.05) is 37.6 Å². The number of hydrogen-bond acceptors (Lipinski definition) is 4. The van der Waals surface area contributed by atoms with Crippen LogP contribution in [0.25, 0.3) is 0 Å². The van der Waals surface area contributed by atoms with Crippen LogP contribution in [0.1, 0.15) is 38.4 Å². The normalized spacial score (nSPS) is 13.5. The summed E-state index contributed by atoms with van der Waals surface area (Å²) in [7, 11) is 0. The molecule has 0 radical (unpaired) electrons. The van der Waals surface area contributed by atoms with Gasteiger partial charge in [0.2, 0.25) is 0 Å². The van der Waals surface area contributed by atoms with Gasteiger partial charge in [0.15, 0.2) is 0 Å². The van der Waals surface area contributed by atoms with Crippen molar-refractivity contribution in [1.82, 2.24) is 14.9 Å². The van der Waals surface area contributed by atoms with E-state index in [4.69, 9.17) is 11.6 Å². The Bertz CT molecular complexity index is 771. The second-order valence-electron chi connectivity index (χ2n) is 7.19. The Morgan fingerprint density at radius 1 is 1.22 bits per heavy atom. The fourth-order valence-electron chi connectivity index (χ4n) is 2.94. The van der Waals surface area contributed by atoms with Gasteiger partial charge in [-0.05, 0) is 37.0 Å². The number of aliphatic carboxylic acids is 1. The minimum absolute atomic E-state index is 0.0513. The van der Waals surface area contributed by atoms with Crippen LogP contribution in [0.15, 0.2) is 36.8 Å². The predicted molar refractivity (Wildman–Crippen MR) is 105 cm³/mol. The van der Waals surface area contributed by atoms with E-state index >= 15 is 0 Å². The number of carbonyl (C=O) groups is 2. The second-order valence-corrected chi connectivity index (χ2v) is 7.63. The van der Waals surface area contributed by atoms with E-state index in [9.17, 15) is 14.7 Å². The summed E-state index contributed by atoms with van der Waals surface area (Å²) in [6.07, 6.45) is 4.19. The lowest BCUT2D eigenvalue weighted by atomic mass is 9.99. The summed E-state index contributed by atoms with van der Waals surface area (Å²) in [6.45, 7) is 6.08. The highest BCUT2D eigenvalue weighted by atomic mass is 35.5. The van der Waals surface area contributed by atoms with Gasteiger partial charge in [0.05, 0.1) is 12.4 Å². The molecule has 0 saturated carbocycles. The molecule has 27 heavy (non-hydrogen) atoms. The molecule has 2 aromatic rings. The smallest absolute Gasteiger partial charge is 0.321 e. The maximum atomic E-state index is 11.9. The monoisotopic (exact) mass is 391 g/mol. The molecule has 0 fully saturated rings. The van der Waals surface area contributed by atoms with Gasteiger partial charge < -0.3 is 9.67 Å². The summed E-state index contributed by atoms with van der Waals surface area (Å²) in [5, 5.41) is 13.3. The largest absolute Gasteiger partial charge is 0.480 e. The Morgan fingerprint density at radius 3 is 2.44 bits per heavy atom. The summed E-state index contributed by atoms with van der Waals surface area (Å²) >= 11 is 5.92. The molecule has 2 unspecified atom stereocenters. The second kappa shape index (κ2) is 9.67. The SMILES string of the molecule is CC(=O)C(CC(C)C)NC(Cc1cncn1Cc1ccc(Cl)cc1)C(=O)O. The quantitative estimate of drug-likeness (QED) is 0.649. The molecule has 6 nitrogen and oxygen atoms in total. The number of imidazole rings is 1. The minimum Gasteiger partial charge on any atom is -0.480 e. The third-order valence-corrected chi connectivity index (χ3v) is 4.63. The van der Waals surface area contributed by atoms with Gasteiger partial charge >= 0.3 is 5.97 Å². The molecular formula is C20H26ClN3O3. The van der Waals surface area contributed by atoms with E-state index in [0.29, 0.717) is 18.0 Å². The van der Waals surface area contributed by atoms with Crippen LogP contribution < -0.4 is 5.32 Å². The summed E-state index contributed by atoms with van der Waals surface area (Å²) in [6, 6.07) is 6.15. The van der Waals surface area contributed by atoms with E-state index in [1.807, 2.05) is 42.7 Å². The van der Waals surface area contributed by atoms with Gasteiger partial charge in [0.1, 0.15) is 11.8 Å². The zero-order valence-electron chi connectivity index (χ0n) is 15.9. The van der Waals surface area contributed by atoms with E-state index in [0.717, 1.165) is 11.3 Å². The predicted octanol–water partition coefficient (Wildman–Crippen LogP) is 3.17. The lowest BCUT2D eigenvalue weighted by Crippen LogP contribution is -2.48. The third-order valence-electron chi connectivity index (χ3n) is 4.38. The Kier molecular flexibility index (Phi) is 7.56. The van der Waals surface area contributed by atoms with E-state index < -0.39 is 18.1 Å². The summed E-state index contributed by atoms with van der Waals surface area (Å²) in [5.41, 5.74) is 1.83. The van der Waals surface area contributed by atoms with E-state index in [2.05, 4.69) is 10.3 Å². The average molecular weight is 392 g/mol.